The Morgan fingerprint density at radius 2 is 1.62 bits per heavy atom. The van der Waals surface area contributed by atoms with Crippen LogP contribution in [0, 0.1) is 3.57 Å². The van der Waals surface area contributed by atoms with Gasteiger partial charge in [-0.1, -0.05) is 51.2 Å². The molecule has 0 heterocycles. The molecule has 0 amide bonds. The Labute approximate surface area is 174 Å². The van der Waals surface area contributed by atoms with E-state index in [-0.39, 0.29) is 5.54 Å². The van der Waals surface area contributed by atoms with E-state index in [2.05, 4.69) is 53.0 Å². The Kier molecular flexibility index (Phi) is 12.8. The van der Waals surface area contributed by atoms with Crippen molar-refractivity contribution in [1.29, 1.82) is 0 Å². The predicted octanol–water partition coefficient (Wildman–Crippen LogP) is 5.38. The first-order valence-corrected chi connectivity index (χ1v) is 11.1. The van der Waals surface area contributed by atoms with E-state index >= 15 is 0 Å². The van der Waals surface area contributed by atoms with Gasteiger partial charge in [0, 0.05) is 17.8 Å². The van der Waals surface area contributed by atoms with E-state index in [1.54, 1.807) is 14.2 Å². The molecule has 1 N–H and O–H groups in total. The molecule has 0 saturated heterocycles. The zero-order chi connectivity index (χ0) is 19.3. The van der Waals surface area contributed by atoms with Crippen LogP contribution in [0.25, 0.3) is 0 Å². The molecule has 26 heavy (non-hydrogen) atoms. The van der Waals surface area contributed by atoms with Crippen molar-refractivity contribution in [3.05, 3.63) is 32.9 Å². The van der Waals surface area contributed by atoms with E-state index in [9.17, 15) is 0 Å². The van der Waals surface area contributed by atoms with Gasteiger partial charge in [-0.15, -0.1) is 0 Å². The summed E-state index contributed by atoms with van der Waals surface area (Å²) < 4.78 is 12.2. The molecule has 0 aliphatic rings. The Hall–Kier alpha value is -0.170. The number of rotatable bonds is 15. The van der Waals surface area contributed by atoms with Crippen LogP contribution >= 0.6 is 22.6 Å². The maximum atomic E-state index is 5.42. The molecule has 0 unspecified atom stereocenters. The molecule has 0 aliphatic carbocycles. The number of halogens is 1. The summed E-state index contributed by atoms with van der Waals surface area (Å²) in [6.07, 6.45) is 11.4. The van der Waals surface area contributed by atoms with E-state index in [1.165, 1.54) is 59.6 Å². The van der Waals surface area contributed by atoms with E-state index in [4.69, 9.17) is 9.47 Å². The van der Waals surface area contributed by atoms with E-state index in [0.717, 1.165) is 12.8 Å². The third kappa shape index (κ3) is 8.68. The molecule has 1 aromatic rings. The molecule has 0 aliphatic heterocycles. The highest BCUT2D eigenvalue weighted by Gasteiger charge is 2.28. The summed E-state index contributed by atoms with van der Waals surface area (Å²) in [6, 6.07) is 7.00. The number of hydrogen-bond donors (Lipinski definition) is 1. The number of ether oxygens (including phenoxy) is 2. The predicted molar refractivity (Wildman–Crippen MR) is 120 cm³/mol. The van der Waals surface area contributed by atoms with Crippen molar-refractivity contribution in [2.45, 2.75) is 70.3 Å². The summed E-state index contributed by atoms with van der Waals surface area (Å²) in [7, 11) is 5.50. The first-order valence-electron chi connectivity index (χ1n) is 10.0. The fourth-order valence-corrected chi connectivity index (χ4v) is 4.29. The van der Waals surface area contributed by atoms with E-state index < -0.39 is 0 Å². The molecule has 0 atom stereocenters. The van der Waals surface area contributed by atoms with Crippen molar-refractivity contribution < 1.29 is 9.47 Å². The van der Waals surface area contributed by atoms with Crippen molar-refractivity contribution in [2.24, 2.45) is 0 Å². The maximum Gasteiger partial charge on any atom is 0.0667 e. The number of nitrogens with one attached hydrogen (secondary N) is 1. The minimum absolute atomic E-state index is 0.121. The van der Waals surface area contributed by atoms with Gasteiger partial charge < -0.3 is 14.8 Å². The van der Waals surface area contributed by atoms with Gasteiger partial charge in [0.15, 0.2) is 0 Å². The molecule has 1 aromatic carbocycles. The lowest BCUT2D eigenvalue weighted by Gasteiger charge is -2.32. The van der Waals surface area contributed by atoms with Crippen LogP contribution in [-0.4, -0.2) is 40.0 Å². The highest BCUT2D eigenvalue weighted by Crippen LogP contribution is 2.22. The number of benzene rings is 1. The van der Waals surface area contributed by atoms with Crippen LogP contribution in [-0.2, 0) is 22.3 Å². The lowest BCUT2D eigenvalue weighted by atomic mass is 9.92. The van der Waals surface area contributed by atoms with Crippen LogP contribution in [0.1, 0.15) is 63.0 Å². The topological polar surface area (TPSA) is 30.5 Å². The molecule has 150 valence electrons. The summed E-state index contributed by atoms with van der Waals surface area (Å²) in [4.78, 5) is 0. The standard InChI is InChI=1S/C22H38INO2/c1-5-6-7-8-9-10-11-19-12-13-20(21(23)16-19)14-15-22(24-2,17-25-3)18-26-4/h12-13,16,24H,5-11,14-15,17-18H2,1-4H3. The second-order valence-electron chi connectivity index (χ2n) is 7.34. The van der Waals surface area contributed by atoms with Gasteiger partial charge in [-0.05, 0) is 72.5 Å². The van der Waals surface area contributed by atoms with Gasteiger partial charge in [0.1, 0.15) is 0 Å². The lowest BCUT2D eigenvalue weighted by molar-refractivity contribution is 0.0412. The average molecular weight is 475 g/mol. The summed E-state index contributed by atoms with van der Waals surface area (Å²) in [5.74, 6) is 0. The van der Waals surface area contributed by atoms with Gasteiger partial charge in [0.2, 0.25) is 0 Å². The summed E-state index contributed by atoms with van der Waals surface area (Å²) in [5, 5.41) is 3.41. The molecular formula is C22H38INO2. The van der Waals surface area contributed by atoms with Crippen LogP contribution in [0.3, 0.4) is 0 Å². The van der Waals surface area contributed by atoms with Gasteiger partial charge in [-0.25, -0.2) is 0 Å². The maximum absolute atomic E-state index is 5.42. The largest absolute Gasteiger partial charge is 0.383 e. The van der Waals surface area contributed by atoms with Gasteiger partial charge >= 0.3 is 0 Å². The van der Waals surface area contributed by atoms with E-state index in [1.807, 2.05) is 7.05 Å². The molecule has 4 heteroatoms. The number of unbranched alkanes of at least 4 members (excludes halogenated alkanes) is 5. The quantitative estimate of drug-likeness (QED) is 0.273. The average Bonchev–Trinajstić information content (AvgIpc) is 2.64. The van der Waals surface area contributed by atoms with Crippen LogP contribution in [0.2, 0.25) is 0 Å². The second-order valence-corrected chi connectivity index (χ2v) is 8.50. The lowest BCUT2D eigenvalue weighted by Crippen LogP contribution is -2.51. The first-order chi connectivity index (χ1) is 12.6. The van der Waals surface area contributed by atoms with Gasteiger partial charge in [-0.2, -0.15) is 0 Å². The molecule has 0 radical (unpaired) electrons. The Bertz CT molecular complexity index is 487. The minimum atomic E-state index is -0.121. The van der Waals surface area contributed by atoms with Crippen LogP contribution in [0.5, 0.6) is 0 Å². The monoisotopic (exact) mass is 475 g/mol. The fourth-order valence-electron chi connectivity index (χ4n) is 3.44. The molecule has 0 bridgehead atoms. The van der Waals surface area contributed by atoms with E-state index in [0.29, 0.717) is 13.2 Å². The zero-order valence-corrected chi connectivity index (χ0v) is 19.4. The van der Waals surface area contributed by atoms with Crippen molar-refractivity contribution in [3.63, 3.8) is 0 Å². The number of hydrogen-bond acceptors (Lipinski definition) is 3. The first kappa shape index (κ1) is 23.9. The SMILES string of the molecule is CCCCCCCCc1ccc(CCC(COC)(COC)NC)c(I)c1. The third-order valence-electron chi connectivity index (χ3n) is 5.18. The number of likely N-dealkylation sites (N-methyl/N-ethyl adjacent to an activating group) is 1. The number of methoxy groups -OCH3 is 2. The summed E-state index contributed by atoms with van der Waals surface area (Å²) in [5.41, 5.74) is 2.77. The Morgan fingerprint density at radius 3 is 2.19 bits per heavy atom. The summed E-state index contributed by atoms with van der Waals surface area (Å²) in [6.45, 7) is 3.59. The van der Waals surface area contributed by atoms with Crippen molar-refractivity contribution in [3.8, 4) is 0 Å². The van der Waals surface area contributed by atoms with Gasteiger partial charge in [-0.3, -0.25) is 0 Å². The number of aryl methyl sites for hydroxylation is 2. The van der Waals surface area contributed by atoms with Crippen molar-refractivity contribution >= 4 is 22.6 Å². The highest BCUT2D eigenvalue weighted by atomic mass is 127. The Morgan fingerprint density at radius 1 is 0.962 bits per heavy atom. The van der Waals surface area contributed by atoms with Crippen LogP contribution in [0.4, 0.5) is 0 Å². The zero-order valence-electron chi connectivity index (χ0n) is 17.2. The fraction of sp³-hybridized carbons (Fsp3) is 0.727. The third-order valence-corrected chi connectivity index (χ3v) is 6.19. The summed E-state index contributed by atoms with van der Waals surface area (Å²) >= 11 is 2.49. The molecule has 3 nitrogen and oxygen atoms in total. The molecular weight excluding hydrogens is 437 g/mol. The molecule has 0 spiro atoms. The van der Waals surface area contributed by atoms with Crippen LogP contribution < -0.4 is 5.32 Å². The molecule has 1 rings (SSSR count). The molecule has 0 fully saturated rings. The van der Waals surface area contributed by atoms with Gasteiger partial charge in [0.05, 0.1) is 18.8 Å². The Balaban J connectivity index is 2.53. The normalized spacial score (nSPS) is 11.9. The van der Waals surface area contributed by atoms with Gasteiger partial charge in [0.25, 0.3) is 0 Å². The molecule has 0 aromatic heterocycles. The van der Waals surface area contributed by atoms with Crippen molar-refractivity contribution in [1.82, 2.24) is 5.32 Å². The highest BCUT2D eigenvalue weighted by molar-refractivity contribution is 14.1. The second kappa shape index (κ2) is 13.9. The van der Waals surface area contributed by atoms with Crippen LogP contribution in [0.15, 0.2) is 18.2 Å². The molecule has 0 saturated carbocycles. The smallest absolute Gasteiger partial charge is 0.0667 e. The minimum Gasteiger partial charge on any atom is -0.383 e. The van der Waals surface area contributed by atoms with Crippen molar-refractivity contribution in [2.75, 3.05) is 34.5 Å².